The Bertz CT molecular complexity index is 311. The Morgan fingerprint density at radius 1 is 1.12 bits per heavy atom. The first-order chi connectivity index (χ1) is 7.45. The molecule has 2 nitrogen and oxygen atoms in total. The molecule has 90 valence electrons. The fraction of sp³-hybridized carbons (Fsp3) is 0.455. The Morgan fingerprint density at radius 3 is 2.12 bits per heavy atom. The van der Waals surface area contributed by atoms with Crippen LogP contribution in [0.4, 0.5) is 13.2 Å². The molecule has 16 heavy (non-hydrogen) atoms. The van der Waals surface area contributed by atoms with Gasteiger partial charge in [0.15, 0.2) is 6.10 Å². The topological polar surface area (TPSA) is 40.5 Å². The first-order valence-corrected chi connectivity index (χ1v) is 4.84. The molecule has 1 aromatic rings. The van der Waals surface area contributed by atoms with E-state index in [9.17, 15) is 13.2 Å². The first-order valence-electron chi connectivity index (χ1n) is 4.84. The fourth-order valence-corrected chi connectivity index (χ4v) is 1.46. The minimum atomic E-state index is -4.69. The Hall–Kier alpha value is -1.07. The third-order valence-corrected chi connectivity index (χ3v) is 2.36. The number of rotatable bonds is 4. The average Bonchev–Trinajstić information content (AvgIpc) is 2.25. The maximum atomic E-state index is 12.2. The Labute approximate surface area is 91.3 Å². The van der Waals surface area contributed by atoms with Gasteiger partial charge in [0.05, 0.1) is 0 Å². The van der Waals surface area contributed by atoms with Gasteiger partial charge in [0.1, 0.15) is 0 Å². The van der Waals surface area contributed by atoms with Crippen molar-refractivity contribution in [3.8, 4) is 0 Å². The van der Waals surface area contributed by atoms with Crippen molar-refractivity contribution in [1.82, 2.24) is 0 Å². The van der Waals surface area contributed by atoms with Gasteiger partial charge in [-0.1, -0.05) is 30.3 Å². The number of aliphatic hydroxyl groups excluding tert-OH is 2. The van der Waals surface area contributed by atoms with Crippen LogP contribution in [0.5, 0.6) is 0 Å². The van der Waals surface area contributed by atoms with Crippen LogP contribution in [0, 0.1) is 5.92 Å². The van der Waals surface area contributed by atoms with E-state index in [2.05, 4.69) is 0 Å². The van der Waals surface area contributed by atoms with Gasteiger partial charge >= 0.3 is 6.18 Å². The van der Waals surface area contributed by atoms with E-state index in [1.54, 1.807) is 30.3 Å². The molecule has 0 aromatic heterocycles. The number of hydrogen-bond donors (Lipinski definition) is 2. The summed E-state index contributed by atoms with van der Waals surface area (Å²) in [7, 11) is 0. The molecule has 0 fully saturated rings. The zero-order valence-electron chi connectivity index (χ0n) is 8.48. The number of halogens is 3. The SMILES string of the molecule is OC[C@H](Cc1ccccc1)[C@H](O)C(F)(F)F. The maximum absolute atomic E-state index is 12.2. The summed E-state index contributed by atoms with van der Waals surface area (Å²) in [5.41, 5.74) is 0.657. The molecule has 0 aliphatic rings. The Balaban J connectivity index is 2.70. The summed E-state index contributed by atoms with van der Waals surface area (Å²) in [5.74, 6) is -1.22. The van der Waals surface area contributed by atoms with Gasteiger partial charge in [-0.25, -0.2) is 0 Å². The van der Waals surface area contributed by atoms with Gasteiger partial charge < -0.3 is 10.2 Å². The molecule has 0 amide bonds. The fourth-order valence-electron chi connectivity index (χ4n) is 1.46. The molecule has 0 heterocycles. The van der Waals surface area contributed by atoms with E-state index in [0.29, 0.717) is 5.56 Å². The smallest absolute Gasteiger partial charge is 0.396 e. The molecule has 0 saturated heterocycles. The van der Waals surface area contributed by atoms with Crippen molar-refractivity contribution in [2.45, 2.75) is 18.7 Å². The van der Waals surface area contributed by atoms with Crippen LogP contribution in [0.25, 0.3) is 0 Å². The van der Waals surface area contributed by atoms with Crippen LogP contribution in [0.1, 0.15) is 5.56 Å². The van der Waals surface area contributed by atoms with E-state index >= 15 is 0 Å². The lowest BCUT2D eigenvalue weighted by atomic mass is 9.94. The van der Waals surface area contributed by atoms with Gasteiger partial charge in [-0.15, -0.1) is 0 Å². The Kier molecular flexibility index (Phi) is 4.32. The predicted molar refractivity (Wildman–Crippen MR) is 52.8 cm³/mol. The van der Waals surface area contributed by atoms with Crippen LogP contribution >= 0.6 is 0 Å². The highest BCUT2D eigenvalue weighted by Crippen LogP contribution is 2.27. The quantitative estimate of drug-likeness (QED) is 0.833. The minimum absolute atomic E-state index is 0.00197. The summed E-state index contributed by atoms with van der Waals surface area (Å²) in [6, 6.07) is 8.46. The summed E-state index contributed by atoms with van der Waals surface area (Å²) >= 11 is 0. The molecule has 0 saturated carbocycles. The second-order valence-electron chi connectivity index (χ2n) is 3.62. The van der Waals surface area contributed by atoms with Gasteiger partial charge in [0.2, 0.25) is 0 Å². The Morgan fingerprint density at radius 2 is 1.69 bits per heavy atom. The van der Waals surface area contributed by atoms with E-state index in [4.69, 9.17) is 10.2 Å². The van der Waals surface area contributed by atoms with Crippen LogP contribution in [0.15, 0.2) is 30.3 Å². The van der Waals surface area contributed by atoms with Crippen molar-refractivity contribution in [3.05, 3.63) is 35.9 Å². The second kappa shape index (κ2) is 5.32. The molecule has 2 atom stereocenters. The van der Waals surface area contributed by atoms with Crippen molar-refractivity contribution in [2.24, 2.45) is 5.92 Å². The highest BCUT2D eigenvalue weighted by molar-refractivity contribution is 5.15. The van der Waals surface area contributed by atoms with Gasteiger partial charge in [-0.3, -0.25) is 0 Å². The van der Waals surface area contributed by atoms with Crippen molar-refractivity contribution < 1.29 is 23.4 Å². The standard InChI is InChI=1S/C11H13F3O2/c12-11(13,14)10(16)9(7-15)6-8-4-2-1-3-5-8/h1-5,9-10,15-16H,6-7H2/t9-,10-/m0/s1. The van der Waals surface area contributed by atoms with E-state index in [0.717, 1.165) is 0 Å². The molecule has 1 rings (SSSR count). The molecule has 1 aromatic carbocycles. The molecule has 0 aliphatic carbocycles. The van der Waals surface area contributed by atoms with Crippen molar-refractivity contribution >= 4 is 0 Å². The number of alkyl halides is 3. The maximum Gasteiger partial charge on any atom is 0.414 e. The largest absolute Gasteiger partial charge is 0.414 e. The first kappa shape index (κ1) is 13.0. The lowest BCUT2D eigenvalue weighted by molar-refractivity contribution is -0.222. The third-order valence-electron chi connectivity index (χ3n) is 2.36. The van der Waals surface area contributed by atoms with Crippen LogP contribution in [0.3, 0.4) is 0 Å². The van der Waals surface area contributed by atoms with Gasteiger partial charge in [0, 0.05) is 12.5 Å². The minimum Gasteiger partial charge on any atom is -0.396 e. The van der Waals surface area contributed by atoms with Crippen LogP contribution in [-0.4, -0.2) is 29.1 Å². The number of aliphatic hydroxyl groups is 2. The molecule has 0 bridgehead atoms. The zero-order valence-corrected chi connectivity index (χ0v) is 8.48. The van der Waals surface area contributed by atoms with Crippen molar-refractivity contribution in [2.75, 3.05) is 6.61 Å². The summed E-state index contributed by atoms with van der Waals surface area (Å²) in [6.07, 6.45) is -7.18. The molecule has 2 N–H and O–H groups in total. The van der Waals surface area contributed by atoms with Gasteiger partial charge in [-0.05, 0) is 12.0 Å². The zero-order chi connectivity index (χ0) is 12.2. The summed E-state index contributed by atoms with van der Waals surface area (Å²) in [5, 5.41) is 17.9. The normalized spacial score (nSPS) is 15.8. The molecule has 0 unspecified atom stereocenters. The summed E-state index contributed by atoms with van der Waals surface area (Å²) in [4.78, 5) is 0. The molecule has 0 aliphatic heterocycles. The van der Waals surface area contributed by atoms with Crippen molar-refractivity contribution in [1.29, 1.82) is 0 Å². The lowest BCUT2D eigenvalue weighted by Crippen LogP contribution is -2.38. The number of hydrogen-bond acceptors (Lipinski definition) is 2. The van der Waals surface area contributed by atoms with E-state index < -0.39 is 24.8 Å². The van der Waals surface area contributed by atoms with Crippen molar-refractivity contribution in [3.63, 3.8) is 0 Å². The summed E-state index contributed by atoms with van der Waals surface area (Å²) < 4.78 is 36.7. The van der Waals surface area contributed by atoms with Crippen LogP contribution in [0.2, 0.25) is 0 Å². The van der Waals surface area contributed by atoms with Crippen LogP contribution < -0.4 is 0 Å². The average molecular weight is 234 g/mol. The van der Waals surface area contributed by atoms with Gasteiger partial charge in [-0.2, -0.15) is 13.2 Å². The molecular weight excluding hydrogens is 221 g/mol. The summed E-state index contributed by atoms with van der Waals surface area (Å²) in [6.45, 7) is -0.699. The number of benzene rings is 1. The van der Waals surface area contributed by atoms with E-state index in [1.165, 1.54) is 0 Å². The highest BCUT2D eigenvalue weighted by Gasteiger charge is 2.43. The molecule has 5 heteroatoms. The molecule has 0 radical (unpaired) electrons. The van der Waals surface area contributed by atoms with Crippen LogP contribution in [-0.2, 0) is 6.42 Å². The molecular formula is C11H13F3O2. The third kappa shape index (κ3) is 3.50. The second-order valence-corrected chi connectivity index (χ2v) is 3.62. The van der Waals surface area contributed by atoms with E-state index in [-0.39, 0.29) is 6.42 Å². The lowest BCUT2D eigenvalue weighted by Gasteiger charge is -2.23. The monoisotopic (exact) mass is 234 g/mol. The highest BCUT2D eigenvalue weighted by atomic mass is 19.4. The predicted octanol–water partition coefficient (Wildman–Crippen LogP) is 1.76. The molecule has 0 spiro atoms. The van der Waals surface area contributed by atoms with E-state index in [1.807, 2.05) is 0 Å². The van der Waals surface area contributed by atoms with Gasteiger partial charge in [0.25, 0.3) is 0 Å².